The summed E-state index contributed by atoms with van der Waals surface area (Å²) in [5.74, 6) is -0.772. The van der Waals surface area contributed by atoms with Crippen LogP contribution in [0.15, 0.2) is 23.3 Å². The summed E-state index contributed by atoms with van der Waals surface area (Å²) < 4.78 is 0. The Morgan fingerprint density at radius 1 is 1.50 bits per heavy atom. The lowest BCUT2D eigenvalue weighted by Crippen LogP contribution is -2.35. The van der Waals surface area contributed by atoms with Gasteiger partial charge in [0.1, 0.15) is 0 Å². The number of carboxylic acids is 1. The Labute approximate surface area is 108 Å². The van der Waals surface area contributed by atoms with Gasteiger partial charge in [0.05, 0.1) is 6.10 Å². The van der Waals surface area contributed by atoms with Crippen LogP contribution in [0.2, 0.25) is 0 Å². The van der Waals surface area contributed by atoms with Crippen LogP contribution >= 0.6 is 0 Å². The quantitative estimate of drug-likeness (QED) is 0.585. The van der Waals surface area contributed by atoms with Gasteiger partial charge in [-0.05, 0) is 31.6 Å². The number of fused-ring (bicyclic) bond motifs is 1. The van der Waals surface area contributed by atoms with Gasteiger partial charge in [-0.1, -0.05) is 31.1 Å². The molecule has 3 unspecified atom stereocenters. The average Bonchev–Trinajstić information content (AvgIpc) is 2.55. The summed E-state index contributed by atoms with van der Waals surface area (Å²) in [5.41, 5.74) is 2.21. The van der Waals surface area contributed by atoms with E-state index in [9.17, 15) is 9.90 Å². The van der Waals surface area contributed by atoms with Gasteiger partial charge in [0.2, 0.25) is 0 Å². The van der Waals surface area contributed by atoms with Crippen molar-refractivity contribution in [1.82, 2.24) is 0 Å². The lowest BCUT2D eigenvalue weighted by molar-refractivity contribution is -0.131. The number of hydrogen-bond acceptors (Lipinski definition) is 2. The number of allylic oxidation sites excluding steroid dienone is 1. The highest BCUT2D eigenvalue weighted by atomic mass is 16.4. The molecule has 100 valence electrons. The number of carbonyl (C=O) groups is 1. The molecule has 18 heavy (non-hydrogen) atoms. The van der Waals surface area contributed by atoms with Crippen molar-refractivity contribution in [1.29, 1.82) is 0 Å². The third kappa shape index (κ3) is 2.24. The van der Waals surface area contributed by atoms with E-state index in [4.69, 9.17) is 5.11 Å². The molecule has 0 saturated heterocycles. The Hall–Kier alpha value is -1.09. The molecule has 0 amide bonds. The van der Waals surface area contributed by atoms with E-state index < -0.39 is 12.1 Å². The van der Waals surface area contributed by atoms with Crippen LogP contribution in [-0.4, -0.2) is 22.3 Å². The lowest BCUT2D eigenvalue weighted by atomic mass is 9.68. The van der Waals surface area contributed by atoms with Crippen molar-refractivity contribution in [2.75, 3.05) is 0 Å². The maximum atomic E-state index is 10.7. The molecule has 2 rings (SSSR count). The van der Waals surface area contributed by atoms with E-state index in [2.05, 4.69) is 19.9 Å². The van der Waals surface area contributed by atoms with Gasteiger partial charge in [-0.25, -0.2) is 4.79 Å². The molecule has 1 fully saturated rings. The predicted octanol–water partition coefficient (Wildman–Crippen LogP) is 2.76. The molecule has 0 spiro atoms. The minimum atomic E-state index is -0.928. The number of aliphatic hydroxyl groups excluding tert-OH is 1. The van der Waals surface area contributed by atoms with Crippen LogP contribution < -0.4 is 0 Å². The summed E-state index contributed by atoms with van der Waals surface area (Å²) in [7, 11) is 0. The number of rotatable bonds is 2. The summed E-state index contributed by atoms with van der Waals surface area (Å²) in [6.45, 7) is 6.21. The van der Waals surface area contributed by atoms with Gasteiger partial charge in [-0.2, -0.15) is 0 Å². The fourth-order valence-corrected chi connectivity index (χ4v) is 3.64. The predicted molar refractivity (Wildman–Crippen MR) is 70.1 cm³/mol. The molecule has 2 aliphatic carbocycles. The highest BCUT2D eigenvalue weighted by Crippen LogP contribution is 2.52. The number of hydrogen-bond donors (Lipinski definition) is 2. The van der Waals surface area contributed by atoms with Gasteiger partial charge in [0, 0.05) is 17.9 Å². The van der Waals surface area contributed by atoms with E-state index in [0.717, 1.165) is 24.8 Å². The first-order valence-electron chi connectivity index (χ1n) is 6.61. The molecule has 0 aliphatic heterocycles. The molecule has 0 heterocycles. The largest absolute Gasteiger partial charge is 0.478 e. The van der Waals surface area contributed by atoms with Crippen molar-refractivity contribution in [3.8, 4) is 0 Å². The lowest BCUT2D eigenvalue weighted by Gasteiger charge is -2.38. The summed E-state index contributed by atoms with van der Waals surface area (Å²) in [6.07, 6.45) is 6.01. The van der Waals surface area contributed by atoms with Crippen molar-refractivity contribution in [2.24, 2.45) is 17.3 Å². The number of aliphatic carboxylic acids is 1. The zero-order chi connectivity index (χ0) is 13.5. The highest BCUT2D eigenvalue weighted by Gasteiger charge is 2.47. The van der Waals surface area contributed by atoms with Crippen LogP contribution in [0.4, 0.5) is 0 Å². The first-order chi connectivity index (χ1) is 8.33. The van der Waals surface area contributed by atoms with Crippen LogP contribution in [0.1, 0.15) is 40.0 Å². The first kappa shape index (κ1) is 13.3. The third-order valence-corrected chi connectivity index (χ3v) is 4.58. The molecule has 0 aromatic heterocycles. The zero-order valence-corrected chi connectivity index (χ0v) is 11.3. The zero-order valence-electron chi connectivity index (χ0n) is 11.3. The van der Waals surface area contributed by atoms with E-state index in [-0.39, 0.29) is 17.3 Å². The normalized spacial score (nSPS) is 35.0. The number of aliphatic hydroxyl groups is 1. The van der Waals surface area contributed by atoms with Crippen LogP contribution in [-0.2, 0) is 4.79 Å². The van der Waals surface area contributed by atoms with Crippen molar-refractivity contribution < 1.29 is 15.0 Å². The molecule has 1 saturated carbocycles. The topological polar surface area (TPSA) is 57.5 Å². The van der Waals surface area contributed by atoms with Gasteiger partial charge in [-0.15, -0.1) is 0 Å². The third-order valence-electron chi connectivity index (χ3n) is 4.58. The standard InChI is InChI=1S/C15H22O3/c1-9(7-12(16)17)11-8-10-5-4-6-15(2,3)13(10)14(11)18/h5,7,11,13-14,18H,4,6,8H2,1-3H3,(H,16,17). The van der Waals surface area contributed by atoms with E-state index in [1.165, 1.54) is 11.6 Å². The van der Waals surface area contributed by atoms with E-state index in [1.807, 2.05) is 6.92 Å². The molecule has 3 atom stereocenters. The maximum Gasteiger partial charge on any atom is 0.328 e. The monoisotopic (exact) mass is 250 g/mol. The SMILES string of the molecule is CC(=CC(=O)O)C1CC2=CCCC(C)(C)C2C1O. The molecule has 0 aromatic carbocycles. The molecule has 2 aliphatic rings. The molecule has 0 bridgehead atoms. The highest BCUT2D eigenvalue weighted by molar-refractivity contribution is 5.80. The van der Waals surface area contributed by atoms with Gasteiger partial charge >= 0.3 is 5.97 Å². The average molecular weight is 250 g/mol. The van der Waals surface area contributed by atoms with Gasteiger partial charge in [0.25, 0.3) is 0 Å². The molecular weight excluding hydrogens is 228 g/mol. The number of carboxylic acid groups (broad SMARTS) is 1. The van der Waals surface area contributed by atoms with Crippen molar-refractivity contribution >= 4 is 5.97 Å². The second kappa shape index (κ2) is 4.54. The fraction of sp³-hybridized carbons (Fsp3) is 0.667. The van der Waals surface area contributed by atoms with Crippen molar-refractivity contribution in [2.45, 2.75) is 46.1 Å². The van der Waals surface area contributed by atoms with Crippen molar-refractivity contribution in [3.63, 3.8) is 0 Å². The van der Waals surface area contributed by atoms with Crippen LogP contribution in [0.5, 0.6) is 0 Å². The summed E-state index contributed by atoms with van der Waals surface area (Å²) in [4.78, 5) is 10.7. The summed E-state index contributed by atoms with van der Waals surface area (Å²) >= 11 is 0. The molecule has 3 heteroatoms. The summed E-state index contributed by atoms with van der Waals surface area (Å²) in [6, 6.07) is 0. The first-order valence-corrected chi connectivity index (χ1v) is 6.61. The molecule has 2 N–H and O–H groups in total. The Kier molecular flexibility index (Phi) is 3.37. The Morgan fingerprint density at radius 2 is 2.17 bits per heavy atom. The van der Waals surface area contributed by atoms with Gasteiger partial charge in [-0.3, -0.25) is 0 Å². The second-order valence-electron chi connectivity index (χ2n) is 6.31. The molecular formula is C15H22O3. The summed E-state index contributed by atoms with van der Waals surface area (Å²) in [5, 5.41) is 19.3. The van der Waals surface area contributed by atoms with Gasteiger partial charge in [0.15, 0.2) is 0 Å². The Balaban J connectivity index is 2.28. The van der Waals surface area contributed by atoms with Crippen LogP contribution in [0.25, 0.3) is 0 Å². The van der Waals surface area contributed by atoms with E-state index in [0.29, 0.717) is 0 Å². The minimum absolute atomic E-state index is 0.0327. The minimum Gasteiger partial charge on any atom is -0.478 e. The van der Waals surface area contributed by atoms with Crippen molar-refractivity contribution in [3.05, 3.63) is 23.3 Å². The van der Waals surface area contributed by atoms with Crippen LogP contribution in [0, 0.1) is 17.3 Å². The molecule has 0 radical (unpaired) electrons. The molecule has 3 nitrogen and oxygen atoms in total. The van der Waals surface area contributed by atoms with E-state index in [1.54, 1.807) is 0 Å². The fourth-order valence-electron chi connectivity index (χ4n) is 3.64. The second-order valence-corrected chi connectivity index (χ2v) is 6.31. The van der Waals surface area contributed by atoms with E-state index >= 15 is 0 Å². The van der Waals surface area contributed by atoms with Crippen LogP contribution in [0.3, 0.4) is 0 Å². The smallest absolute Gasteiger partial charge is 0.328 e. The molecule has 0 aromatic rings. The van der Waals surface area contributed by atoms with Gasteiger partial charge < -0.3 is 10.2 Å². The Morgan fingerprint density at radius 3 is 2.72 bits per heavy atom. The maximum absolute atomic E-state index is 10.7. The Bertz CT molecular complexity index is 417.